The molecule has 0 amide bonds. The molecule has 0 aliphatic rings. The van der Waals surface area contributed by atoms with E-state index in [2.05, 4.69) is 89.7 Å². The van der Waals surface area contributed by atoms with Crippen LogP contribution in [0.25, 0.3) is 0 Å². The Morgan fingerprint density at radius 3 is 1.57 bits per heavy atom. The lowest BCUT2D eigenvalue weighted by Crippen LogP contribution is -2.63. The molecule has 0 fully saturated rings. The summed E-state index contributed by atoms with van der Waals surface area (Å²) in [7, 11) is -5.52. The lowest BCUT2D eigenvalue weighted by Gasteiger charge is -2.40. The van der Waals surface area contributed by atoms with E-state index in [-0.39, 0.29) is 0 Å². The van der Waals surface area contributed by atoms with Crippen LogP contribution in [0.2, 0.25) is 65.5 Å². The molecule has 1 nitrogen and oxygen atoms in total. The topological polar surface area (TPSA) is 9.23 Å². The second-order valence-corrected chi connectivity index (χ2v) is 41.6. The standard InChI is InChI=1S/C16H34OSi4/c1-18(2,3)20(7,8)16-14-12-11-13-15(16)17-21(9,10)19(4,5)6/h11-14H,1-10H3. The molecule has 0 aromatic heterocycles. The van der Waals surface area contributed by atoms with Crippen LogP contribution in [-0.2, 0) is 0 Å². The molecule has 1 aromatic carbocycles. The van der Waals surface area contributed by atoms with Crippen molar-refractivity contribution in [1.82, 2.24) is 0 Å². The van der Waals surface area contributed by atoms with Gasteiger partial charge in [0.25, 0.3) is 0 Å². The summed E-state index contributed by atoms with van der Waals surface area (Å²) in [6, 6.07) is 8.90. The highest BCUT2D eigenvalue weighted by Gasteiger charge is 2.44. The number of para-hydroxylation sites is 1. The summed E-state index contributed by atoms with van der Waals surface area (Å²) in [5, 5.41) is 1.54. The molecule has 0 saturated carbocycles. The third-order valence-electron chi connectivity index (χ3n) is 5.61. The van der Waals surface area contributed by atoms with Crippen molar-refractivity contribution in [2.45, 2.75) is 65.5 Å². The summed E-state index contributed by atoms with van der Waals surface area (Å²) in [6.45, 7) is 24.7. The SMILES string of the molecule is C[Si](C)(C)[Si](C)(C)Oc1ccccc1[Si](C)(C)[Si](C)(C)C. The Labute approximate surface area is 135 Å². The van der Waals surface area contributed by atoms with Crippen LogP contribution in [0.4, 0.5) is 0 Å². The average molecular weight is 355 g/mol. The van der Waals surface area contributed by atoms with Crippen molar-refractivity contribution in [3.8, 4) is 5.75 Å². The Morgan fingerprint density at radius 2 is 1.14 bits per heavy atom. The lowest BCUT2D eigenvalue weighted by molar-refractivity contribution is 0.572. The molecule has 0 unspecified atom stereocenters. The van der Waals surface area contributed by atoms with Gasteiger partial charge in [-0.05, 0) is 24.3 Å². The maximum absolute atomic E-state index is 6.74. The van der Waals surface area contributed by atoms with Gasteiger partial charge in [-0.15, -0.1) is 0 Å². The maximum Gasteiger partial charge on any atom is 0.228 e. The summed E-state index contributed by atoms with van der Waals surface area (Å²) < 4.78 is 6.74. The fourth-order valence-electron chi connectivity index (χ4n) is 1.90. The normalized spacial score (nSPS) is 14.2. The van der Waals surface area contributed by atoms with Crippen LogP contribution in [0.5, 0.6) is 5.75 Å². The molecule has 0 saturated heterocycles. The van der Waals surface area contributed by atoms with Gasteiger partial charge in [0.1, 0.15) is 5.75 Å². The third-order valence-corrected chi connectivity index (χ3v) is 38.7. The predicted molar refractivity (Wildman–Crippen MR) is 108 cm³/mol. The van der Waals surface area contributed by atoms with Gasteiger partial charge in [-0.25, -0.2) is 0 Å². The monoisotopic (exact) mass is 354 g/mol. The lowest BCUT2D eigenvalue weighted by atomic mass is 10.3. The minimum Gasteiger partial charge on any atom is -0.547 e. The molecule has 0 aliphatic carbocycles. The third kappa shape index (κ3) is 4.00. The predicted octanol–water partition coefficient (Wildman–Crippen LogP) is 5.02. The van der Waals surface area contributed by atoms with E-state index in [0.717, 1.165) is 0 Å². The van der Waals surface area contributed by atoms with Gasteiger partial charge < -0.3 is 4.43 Å². The van der Waals surface area contributed by atoms with E-state index in [0.29, 0.717) is 0 Å². The van der Waals surface area contributed by atoms with Crippen LogP contribution >= 0.6 is 0 Å². The minimum absolute atomic E-state index is 1.19. The zero-order chi connectivity index (χ0) is 16.7. The van der Waals surface area contributed by atoms with Crippen LogP contribution in [-0.4, -0.2) is 30.6 Å². The zero-order valence-electron chi connectivity index (χ0n) is 15.7. The van der Waals surface area contributed by atoms with Crippen LogP contribution < -0.4 is 9.61 Å². The van der Waals surface area contributed by atoms with Gasteiger partial charge in [-0.1, -0.05) is 70.6 Å². The number of rotatable bonds is 5. The Hall–Kier alpha value is -0.112. The van der Waals surface area contributed by atoms with E-state index in [9.17, 15) is 0 Å². The van der Waals surface area contributed by atoms with Gasteiger partial charge in [-0.3, -0.25) is 0 Å². The zero-order valence-corrected chi connectivity index (χ0v) is 19.7. The molecule has 1 rings (SSSR count). The highest BCUT2D eigenvalue weighted by atomic mass is 29.3. The Bertz CT molecular complexity index is 496. The maximum atomic E-state index is 6.74. The Balaban J connectivity index is 3.30. The molecule has 1 aromatic rings. The largest absolute Gasteiger partial charge is 0.547 e. The molecule has 0 aliphatic heterocycles. The molecular formula is C16H34OSi4. The van der Waals surface area contributed by atoms with Crippen LogP contribution in [0.3, 0.4) is 0 Å². The second kappa shape index (κ2) is 5.83. The second-order valence-electron chi connectivity index (χ2n) is 9.23. The number of hydrogen-bond donors (Lipinski definition) is 0. The van der Waals surface area contributed by atoms with Crippen molar-refractivity contribution < 1.29 is 4.43 Å². The Kier molecular flexibility index (Phi) is 5.26. The summed E-state index contributed by atoms with van der Waals surface area (Å²) in [5.41, 5.74) is 0. The van der Waals surface area contributed by atoms with Crippen molar-refractivity contribution in [3.05, 3.63) is 24.3 Å². The van der Waals surface area contributed by atoms with Crippen LogP contribution in [0, 0.1) is 0 Å². The fourth-order valence-corrected chi connectivity index (χ4v) is 9.40. The first-order chi connectivity index (χ1) is 9.20. The van der Waals surface area contributed by atoms with Crippen LogP contribution in [0.15, 0.2) is 24.3 Å². The van der Waals surface area contributed by atoms with E-state index < -0.39 is 30.6 Å². The summed E-state index contributed by atoms with van der Waals surface area (Å²) in [4.78, 5) is 0. The quantitative estimate of drug-likeness (QED) is 0.675. The highest BCUT2D eigenvalue weighted by Crippen LogP contribution is 2.27. The van der Waals surface area contributed by atoms with E-state index in [1.165, 1.54) is 5.75 Å². The molecule has 0 N–H and O–H groups in total. The first kappa shape index (κ1) is 18.9. The van der Waals surface area contributed by atoms with Gasteiger partial charge in [0.05, 0.1) is 15.2 Å². The van der Waals surface area contributed by atoms with E-state index in [1.807, 2.05) is 0 Å². The molecule has 0 spiro atoms. The van der Waals surface area contributed by atoms with Crippen molar-refractivity contribution >= 4 is 35.8 Å². The van der Waals surface area contributed by atoms with Gasteiger partial charge in [0.2, 0.25) is 7.83 Å². The fraction of sp³-hybridized carbons (Fsp3) is 0.625. The summed E-state index contributed by atoms with van der Waals surface area (Å²) >= 11 is 0. The van der Waals surface area contributed by atoms with Crippen molar-refractivity contribution in [1.29, 1.82) is 0 Å². The van der Waals surface area contributed by atoms with Gasteiger partial charge in [0, 0.05) is 7.59 Å². The van der Waals surface area contributed by atoms with Gasteiger partial charge in [-0.2, -0.15) is 0 Å². The minimum atomic E-state index is -1.64. The highest BCUT2D eigenvalue weighted by molar-refractivity contribution is 7.45. The molecule has 0 radical (unpaired) electrons. The molecular weight excluding hydrogens is 321 g/mol. The molecule has 120 valence electrons. The van der Waals surface area contributed by atoms with Gasteiger partial charge >= 0.3 is 0 Å². The van der Waals surface area contributed by atoms with Crippen molar-refractivity contribution in [2.24, 2.45) is 0 Å². The van der Waals surface area contributed by atoms with E-state index in [1.54, 1.807) is 5.19 Å². The first-order valence-corrected chi connectivity index (χ1v) is 22.9. The summed E-state index contributed by atoms with van der Waals surface area (Å²) in [5.74, 6) is 1.20. The van der Waals surface area contributed by atoms with Crippen LogP contribution in [0.1, 0.15) is 0 Å². The molecule has 0 bridgehead atoms. The first-order valence-electron chi connectivity index (χ1n) is 7.99. The Morgan fingerprint density at radius 1 is 0.667 bits per heavy atom. The van der Waals surface area contributed by atoms with Crippen molar-refractivity contribution in [2.75, 3.05) is 0 Å². The van der Waals surface area contributed by atoms with Crippen molar-refractivity contribution in [3.63, 3.8) is 0 Å². The number of benzene rings is 1. The summed E-state index contributed by atoms with van der Waals surface area (Å²) in [6.07, 6.45) is 0. The van der Waals surface area contributed by atoms with E-state index in [4.69, 9.17) is 4.43 Å². The molecule has 21 heavy (non-hydrogen) atoms. The molecule has 0 atom stereocenters. The number of hydrogen-bond acceptors (Lipinski definition) is 1. The van der Waals surface area contributed by atoms with Gasteiger partial charge in [0.15, 0.2) is 0 Å². The van der Waals surface area contributed by atoms with E-state index >= 15 is 0 Å². The molecule has 0 heterocycles. The smallest absolute Gasteiger partial charge is 0.228 e. The molecule has 5 heteroatoms. The average Bonchev–Trinajstić information content (AvgIpc) is 2.25.